The summed E-state index contributed by atoms with van der Waals surface area (Å²) in [6.45, 7) is 12.4. The van der Waals surface area contributed by atoms with Crippen LogP contribution in [0, 0.1) is 0 Å². The number of carbonyl (C=O) groups excluding carboxylic acids is 1. The molecule has 2 unspecified atom stereocenters. The second kappa shape index (κ2) is 10.1. The van der Waals surface area contributed by atoms with Crippen LogP contribution in [0.2, 0.25) is 5.15 Å². The minimum Gasteiger partial charge on any atom is -0.444 e. The third kappa shape index (κ3) is 7.02. The lowest BCUT2D eigenvalue weighted by molar-refractivity contribution is -0.0162. The van der Waals surface area contributed by atoms with E-state index in [1.165, 1.54) is 17.5 Å². The summed E-state index contributed by atoms with van der Waals surface area (Å²) < 4.78 is 8.92. The van der Waals surface area contributed by atoms with Gasteiger partial charge in [-0.25, -0.2) is 9.78 Å². The zero-order chi connectivity index (χ0) is 22.6. The van der Waals surface area contributed by atoms with Gasteiger partial charge in [-0.15, -0.1) is 0 Å². The first-order valence-electron chi connectivity index (χ1n) is 10.5. The second-order valence-corrected chi connectivity index (χ2v) is 10.3. The quantitative estimate of drug-likeness (QED) is 0.455. The average Bonchev–Trinajstić information content (AvgIpc) is 2.67. The number of amides is 1. The fraction of sp³-hybridized carbons (Fsp3) is 0.478. The van der Waals surface area contributed by atoms with E-state index in [9.17, 15) is 4.79 Å². The minimum absolute atomic E-state index is 0.101. The van der Waals surface area contributed by atoms with Crippen molar-refractivity contribution in [2.75, 3.05) is 17.8 Å². The van der Waals surface area contributed by atoms with Crippen molar-refractivity contribution in [1.29, 1.82) is 0 Å². The topological polar surface area (TPSA) is 57.7 Å². The van der Waals surface area contributed by atoms with Crippen molar-refractivity contribution in [3.8, 4) is 0 Å². The standard InChI is InChI=1S/C23H31ClN4O2S/c1-16-13-27(14-17(2)28(16)22(29)30-23(3,4)5)15-18-6-8-19(9-7-18)26-31-20-10-11-21(24)25-12-20/h6-12,16-17,26H,13-15H2,1-5H3. The van der Waals surface area contributed by atoms with Gasteiger partial charge < -0.3 is 14.4 Å². The summed E-state index contributed by atoms with van der Waals surface area (Å²) in [6, 6.07) is 12.3. The Morgan fingerprint density at radius 2 is 1.81 bits per heavy atom. The smallest absolute Gasteiger partial charge is 0.410 e. The fourth-order valence-corrected chi connectivity index (χ4v) is 4.44. The van der Waals surface area contributed by atoms with Crippen LogP contribution < -0.4 is 4.72 Å². The molecule has 0 spiro atoms. The largest absolute Gasteiger partial charge is 0.444 e. The van der Waals surface area contributed by atoms with E-state index in [2.05, 4.69) is 52.7 Å². The SMILES string of the molecule is CC1CN(Cc2ccc(NSc3ccc(Cl)nc3)cc2)CC(C)N1C(=O)OC(C)(C)C. The zero-order valence-corrected chi connectivity index (χ0v) is 20.3. The Morgan fingerprint density at radius 3 is 2.35 bits per heavy atom. The van der Waals surface area contributed by atoms with Gasteiger partial charge >= 0.3 is 6.09 Å². The van der Waals surface area contributed by atoms with E-state index < -0.39 is 5.60 Å². The summed E-state index contributed by atoms with van der Waals surface area (Å²) in [6.07, 6.45) is 1.52. The maximum Gasteiger partial charge on any atom is 0.410 e. The van der Waals surface area contributed by atoms with E-state index in [1.54, 1.807) is 12.3 Å². The molecule has 2 heterocycles. The molecule has 3 rings (SSSR count). The van der Waals surface area contributed by atoms with Crippen LogP contribution in [0.15, 0.2) is 47.5 Å². The highest BCUT2D eigenvalue weighted by atomic mass is 35.5. The van der Waals surface area contributed by atoms with Crippen molar-refractivity contribution in [1.82, 2.24) is 14.8 Å². The molecule has 1 amide bonds. The second-order valence-electron chi connectivity index (χ2n) is 9.00. The molecule has 6 nitrogen and oxygen atoms in total. The number of piperazine rings is 1. The molecule has 0 radical (unpaired) electrons. The third-order valence-corrected chi connectivity index (χ3v) is 5.98. The summed E-state index contributed by atoms with van der Waals surface area (Å²) in [5.74, 6) is 0. The van der Waals surface area contributed by atoms with E-state index >= 15 is 0 Å². The molecule has 31 heavy (non-hydrogen) atoms. The maximum absolute atomic E-state index is 12.6. The number of rotatable bonds is 5. The Balaban J connectivity index is 1.52. The Hall–Kier alpha value is -1.96. The highest BCUT2D eigenvalue weighted by molar-refractivity contribution is 8.00. The number of nitrogens with one attached hydrogen (secondary N) is 1. The molecule has 1 aliphatic rings. The molecule has 1 aromatic carbocycles. The molecule has 168 valence electrons. The van der Waals surface area contributed by atoms with Gasteiger partial charge in [0.05, 0.1) is 0 Å². The minimum atomic E-state index is -0.480. The van der Waals surface area contributed by atoms with Crippen LogP contribution in [0.25, 0.3) is 0 Å². The normalized spacial score (nSPS) is 19.9. The number of benzene rings is 1. The van der Waals surface area contributed by atoms with Gasteiger partial charge in [-0.2, -0.15) is 0 Å². The van der Waals surface area contributed by atoms with Gasteiger partial charge in [-0.1, -0.05) is 23.7 Å². The molecule has 1 saturated heterocycles. The Bertz CT molecular complexity index is 859. The molecule has 1 fully saturated rings. The molecule has 1 aromatic heterocycles. The summed E-state index contributed by atoms with van der Waals surface area (Å²) in [4.78, 5) is 21.9. The fourth-order valence-electron chi connectivity index (χ4n) is 3.71. The van der Waals surface area contributed by atoms with Crippen molar-refractivity contribution in [3.63, 3.8) is 0 Å². The lowest BCUT2D eigenvalue weighted by atomic mass is 10.1. The van der Waals surface area contributed by atoms with E-state index in [0.717, 1.165) is 30.2 Å². The number of ether oxygens (including phenoxy) is 1. The highest BCUT2D eigenvalue weighted by Gasteiger charge is 2.35. The number of pyridine rings is 1. The number of carbonyl (C=O) groups is 1. The van der Waals surface area contributed by atoms with Gasteiger partial charge in [0.2, 0.25) is 0 Å². The molecule has 0 aliphatic carbocycles. The lowest BCUT2D eigenvalue weighted by Gasteiger charge is -2.44. The molecule has 1 N–H and O–H groups in total. The molecular weight excluding hydrogens is 432 g/mol. The van der Waals surface area contributed by atoms with Crippen molar-refractivity contribution < 1.29 is 9.53 Å². The molecule has 2 atom stereocenters. The van der Waals surface area contributed by atoms with Crippen molar-refractivity contribution in [2.24, 2.45) is 0 Å². The van der Waals surface area contributed by atoms with Crippen LogP contribution in [0.4, 0.5) is 10.5 Å². The van der Waals surface area contributed by atoms with Gasteiger partial charge in [-0.3, -0.25) is 4.90 Å². The Morgan fingerprint density at radius 1 is 1.16 bits per heavy atom. The highest BCUT2D eigenvalue weighted by Crippen LogP contribution is 2.24. The number of aromatic nitrogens is 1. The molecule has 0 saturated carbocycles. The lowest BCUT2D eigenvalue weighted by Crippen LogP contribution is -2.59. The van der Waals surface area contributed by atoms with Crippen LogP contribution in [0.3, 0.4) is 0 Å². The van der Waals surface area contributed by atoms with E-state index in [1.807, 2.05) is 31.7 Å². The van der Waals surface area contributed by atoms with E-state index in [0.29, 0.717) is 5.15 Å². The van der Waals surface area contributed by atoms with Crippen molar-refractivity contribution in [2.45, 2.75) is 63.7 Å². The van der Waals surface area contributed by atoms with Gasteiger partial charge in [0.1, 0.15) is 10.8 Å². The van der Waals surface area contributed by atoms with Crippen LogP contribution in [-0.4, -0.2) is 51.7 Å². The molecular formula is C23H31ClN4O2S. The molecule has 8 heteroatoms. The van der Waals surface area contributed by atoms with E-state index in [-0.39, 0.29) is 18.2 Å². The van der Waals surface area contributed by atoms with Crippen LogP contribution in [0.1, 0.15) is 40.2 Å². The third-order valence-electron chi connectivity index (χ3n) is 4.95. The van der Waals surface area contributed by atoms with Gasteiger partial charge in [0.15, 0.2) is 0 Å². The Labute approximate surface area is 194 Å². The average molecular weight is 463 g/mol. The van der Waals surface area contributed by atoms with Gasteiger partial charge in [0.25, 0.3) is 0 Å². The Kier molecular flexibility index (Phi) is 7.73. The van der Waals surface area contributed by atoms with Crippen LogP contribution >= 0.6 is 23.5 Å². The number of hydrogen-bond acceptors (Lipinski definition) is 6. The molecule has 2 aromatic rings. The number of hydrogen-bond donors (Lipinski definition) is 1. The van der Waals surface area contributed by atoms with E-state index in [4.69, 9.17) is 16.3 Å². The van der Waals surface area contributed by atoms with Crippen molar-refractivity contribution >= 4 is 35.3 Å². The van der Waals surface area contributed by atoms with Crippen molar-refractivity contribution in [3.05, 3.63) is 53.3 Å². The molecule has 1 aliphatic heterocycles. The van der Waals surface area contributed by atoms with Gasteiger partial charge in [0, 0.05) is 48.5 Å². The summed E-state index contributed by atoms with van der Waals surface area (Å²) in [7, 11) is 0. The number of anilines is 1. The number of nitrogens with zero attached hydrogens (tertiary/aromatic N) is 3. The summed E-state index contributed by atoms with van der Waals surface area (Å²) in [5.41, 5.74) is 1.79. The first-order chi connectivity index (χ1) is 14.6. The zero-order valence-electron chi connectivity index (χ0n) is 18.8. The van der Waals surface area contributed by atoms with Gasteiger partial charge in [-0.05, 0) is 76.4 Å². The summed E-state index contributed by atoms with van der Waals surface area (Å²) >= 11 is 7.32. The predicted molar refractivity (Wildman–Crippen MR) is 127 cm³/mol. The first kappa shape index (κ1) is 23.7. The van der Waals surface area contributed by atoms with Crippen LogP contribution in [-0.2, 0) is 11.3 Å². The van der Waals surface area contributed by atoms with Crippen LogP contribution in [0.5, 0.6) is 0 Å². The molecule has 0 bridgehead atoms. The summed E-state index contributed by atoms with van der Waals surface area (Å²) in [5, 5.41) is 0.490. The monoisotopic (exact) mass is 462 g/mol. The first-order valence-corrected chi connectivity index (χ1v) is 11.7. The number of halogens is 1. The predicted octanol–water partition coefficient (Wildman–Crippen LogP) is 5.68. The maximum atomic E-state index is 12.6.